The van der Waals surface area contributed by atoms with Crippen LogP contribution in [0.4, 0.5) is 0 Å². The minimum Gasteiger partial charge on any atom is -0.423 e. The van der Waals surface area contributed by atoms with Crippen LogP contribution in [0.3, 0.4) is 0 Å². The molecule has 0 aliphatic carbocycles. The van der Waals surface area contributed by atoms with E-state index in [1.54, 1.807) is 36.4 Å². The molecule has 0 aliphatic heterocycles. The highest BCUT2D eigenvalue weighted by molar-refractivity contribution is 6.33. The Kier molecular flexibility index (Phi) is 10.0. The Balaban J connectivity index is 1.59. The molecule has 186 valence electrons. The maximum absolute atomic E-state index is 12.6. The standard InChI is InChI=1S/C30H25ClN2O4/c1-2-3-4-5-6-21-7-11-24(12-8-21)29(34)37-26-15-16-27(28(31)18-26)30(35)36-25-13-9-22(10-14-25)17-23(19-32)20-33/h7-18H,2-6H2,1H3. The highest BCUT2D eigenvalue weighted by Gasteiger charge is 2.16. The van der Waals surface area contributed by atoms with E-state index in [1.807, 2.05) is 12.1 Å². The number of hydrogen-bond donors (Lipinski definition) is 0. The summed E-state index contributed by atoms with van der Waals surface area (Å²) in [6.45, 7) is 2.18. The topological polar surface area (TPSA) is 100 Å². The zero-order valence-electron chi connectivity index (χ0n) is 20.4. The van der Waals surface area contributed by atoms with E-state index >= 15 is 0 Å². The minimum absolute atomic E-state index is 0.0351. The molecular weight excluding hydrogens is 488 g/mol. The van der Waals surface area contributed by atoms with Crippen LogP contribution in [0.2, 0.25) is 5.02 Å². The molecule has 0 radical (unpaired) electrons. The fourth-order valence-corrected chi connectivity index (χ4v) is 3.75. The molecule has 7 heteroatoms. The highest BCUT2D eigenvalue weighted by Crippen LogP contribution is 2.25. The van der Waals surface area contributed by atoms with Gasteiger partial charge in [-0.25, -0.2) is 9.59 Å². The molecule has 0 fully saturated rings. The van der Waals surface area contributed by atoms with Crippen molar-refractivity contribution < 1.29 is 19.1 Å². The molecule has 0 bridgehead atoms. The van der Waals surface area contributed by atoms with Crippen molar-refractivity contribution in [1.29, 1.82) is 10.5 Å². The molecule has 3 aromatic rings. The predicted molar refractivity (Wildman–Crippen MR) is 141 cm³/mol. The molecule has 3 aromatic carbocycles. The molecule has 0 atom stereocenters. The van der Waals surface area contributed by atoms with Crippen molar-refractivity contribution in [3.8, 4) is 23.6 Å². The Morgan fingerprint density at radius 1 is 0.838 bits per heavy atom. The Hall–Kier alpha value is -4.39. The number of rotatable bonds is 10. The van der Waals surface area contributed by atoms with Gasteiger partial charge in [-0.15, -0.1) is 0 Å². The number of unbranched alkanes of at least 4 members (excludes halogenated alkanes) is 3. The second kappa shape index (κ2) is 13.6. The van der Waals surface area contributed by atoms with Gasteiger partial charge in [0.1, 0.15) is 29.2 Å². The summed E-state index contributed by atoms with van der Waals surface area (Å²) in [7, 11) is 0. The summed E-state index contributed by atoms with van der Waals surface area (Å²) >= 11 is 6.26. The Morgan fingerprint density at radius 2 is 1.49 bits per heavy atom. The summed E-state index contributed by atoms with van der Waals surface area (Å²) in [5.41, 5.74) is 2.29. The molecule has 0 unspecified atom stereocenters. The molecular formula is C30H25ClN2O4. The van der Waals surface area contributed by atoms with Gasteiger partial charge >= 0.3 is 11.9 Å². The zero-order valence-corrected chi connectivity index (χ0v) is 21.1. The lowest BCUT2D eigenvalue weighted by Gasteiger charge is -2.09. The van der Waals surface area contributed by atoms with Crippen LogP contribution in [0.5, 0.6) is 11.5 Å². The van der Waals surface area contributed by atoms with E-state index in [-0.39, 0.29) is 27.7 Å². The van der Waals surface area contributed by atoms with Crippen molar-refractivity contribution in [2.24, 2.45) is 0 Å². The lowest BCUT2D eigenvalue weighted by Crippen LogP contribution is -2.11. The molecule has 0 heterocycles. The van der Waals surface area contributed by atoms with Crippen molar-refractivity contribution in [3.63, 3.8) is 0 Å². The van der Waals surface area contributed by atoms with Gasteiger partial charge in [-0.05, 0) is 66.4 Å². The van der Waals surface area contributed by atoms with Crippen molar-refractivity contribution in [3.05, 3.63) is 99.6 Å². The fraction of sp³-hybridized carbons (Fsp3) is 0.200. The van der Waals surface area contributed by atoms with Crippen LogP contribution in [-0.2, 0) is 6.42 Å². The van der Waals surface area contributed by atoms with Gasteiger partial charge in [0.05, 0.1) is 16.1 Å². The number of ether oxygens (including phenoxy) is 2. The second-order valence-corrected chi connectivity index (χ2v) is 8.69. The van der Waals surface area contributed by atoms with E-state index < -0.39 is 11.9 Å². The number of carbonyl (C=O) groups excluding carboxylic acids is 2. The average Bonchev–Trinajstić information content (AvgIpc) is 2.91. The number of nitrogens with zero attached hydrogens (tertiary/aromatic N) is 2. The maximum atomic E-state index is 12.6. The van der Waals surface area contributed by atoms with Gasteiger partial charge in [-0.2, -0.15) is 10.5 Å². The third kappa shape index (κ3) is 8.07. The van der Waals surface area contributed by atoms with Crippen LogP contribution in [0.15, 0.2) is 72.3 Å². The number of allylic oxidation sites excluding steroid dienone is 1. The van der Waals surface area contributed by atoms with Crippen molar-refractivity contribution in [2.75, 3.05) is 0 Å². The first-order chi connectivity index (χ1) is 17.9. The van der Waals surface area contributed by atoms with Crippen molar-refractivity contribution in [1.82, 2.24) is 0 Å². The molecule has 0 amide bonds. The Labute approximate surface area is 221 Å². The number of nitriles is 2. The smallest absolute Gasteiger partial charge is 0.345 e. The first kappa shape index (κ1) is 27.2. The first-order valence-electron chi connectivity index (χ1n) is 11.9. The number of esters is 2. The van der Waals surface area contributed by atoms with Crippen LogP contribution >= 0.6 is 11.6 Å². The lowest BCUT2D eigenvalue weighted by atomic mass is 10.0. The van der Waals surface area contributed by atoms with E-state index in [1.165, 1.54) is 61.2 Å². The summed E-state index contributed by atoms with van der Waals surface area (Å²) in [6.07, 6.45) is 7.14. The number of benzene rings is 3. The number of hydrogen-bond acceptors (Lipinski definition) is 6. The van der Waals surface area contributed by atoms with Gasteiger partial charge in [-0.1, -0.05) is 62.1 Å². The van der Waals surface area contributed by atoms with Gasteiger partial charge in [0.15, 0.2) is 0 Å². The lowest BCUT2D eigenvalue weighted by molar-refractivity contribution is 0.0730. The quantitative estimate of drug-likeness (QED) is 0.122. The average molecular weight is 513 g/mol. The van der Waals surface area contributed by atoms with Gasteiger partial charge in [-0.3, -0.25) is 0 Å². The monoisotopic (exact) mass is 512 g/mol. The molecule has 0 N–H and O–H groups in total. The maximum Gasteiger partial charge on any atom is 0.345 e. The van der Waals surface area contributed by atoms with E-state index in [0.29, 0.717) is 11.1 Å². The van der Waals surface area contributed by atoms with Crippen LogP contribution in [0.1, 0.15) is 64.4 Å². The SMILES string of the molecule is CCCCCCc1ccc(C(=O)Oc2ccc(C(=O)Oc3ccc(C=C(C#N)C#N)cc3)c(Cl)c2)cc1. The number of aryl methyl sites for hydroxylation is 1. The minimum atomic E-state index is -0.685. The van der Waals surface area contributed by atoms with Crippen molar-refractivity contribution in [2.45, 2.75) is 39.0 Å². The van der Waals surface area contributed by atoms with Crippen LogP contribution in [-0.4, -0.2) is 11.9 Å². The second-order valence-electron chi connectivity index (χ2n) is 8.28. The summed E-state index contributed by atoms with van der Waals surface area (Å²) in [5, 5.41) is 17.8. The van der Waals surface area contributed by atoms with Gasteiger partial charge in [0.25, 0.3) is 0 Å². The van der Waals surface area contributed by atoms with E-state index in [9.17, 15) is 9.59 Å². The van der Waals surface area contributed by atoms with Crippen LogP contribution in [0.25, 0.3) is 6.08 Å². The van der Waals surface area contributed by atoms with E-state index in [2.05, 4.69) is 6.92 Å². The normalized spacial score (nSPS) is 10.1. The summed E-state index contributed by atoms with van der Waals surface area (Å²) in [6, 6.07) is 21.5. The number of carbonyl (C=O) groups is 2. The molecule has 37 heavy (non-hydrogen) atoms. The van der Waals surface area contributed by atoms with Crippen LogP contribution in [0, 0.1) is 22.7 Å². The largest absolute Gasteiger partial charge is 0.423 e. The van der Waals surface area contributed by atoms with E-state index in [4.69, 9.17) is 31.6 Å². The molecule has 6 nitrogen and oxygen atoms in total. The first-order valence-corrected chi connectivity index (χ1v) is 12.3. The van der Waals surface area contributed by atoms with Gasteiger partial charge < -0.3 is 9.47 Å². The predicted octanol–water partition coefficient (Wildman–Crippen LogP) is 7.33. The van der Waals surface area contributed by atoms with Gasteiger partial charge in [0.2, 0.25) is 0 Å². The molecule has 3 rings (SSSR count). The summed E-state index contributed by atoms with van der Waals surface area (Å²) < 4.78 is 10.8. The summed E-state index contributed by atoms with van der Waals surface area (Å²) in [5.74, 6) is -0.737. The van der Waals surface area contributed by atoms with Crippen molar-refractivity contribution >= 4 is 29.6 Å². The molecule has 0 saturated carbocycles. The fourth-order valence-electron chi connectivity index (χ4n) is 3.50. The third-order valence-corrected chi connectivity index (χ3v) is 5.83. The molecule has 0 saturated heterocycles. The molecule has 0 aliphatic rings. The van der Waals surface area contributed by atoms with E-state index in [0.717, 1.165) is 12.8 Å². The van der Waals surface area contributed by atoms with Gasteiger partial charge in [0, 0.05) is 6.07 Å². The Morgan fingerprint density at radius 3 is 2.11 bits per heavy atom. The molecule has 0 spiro atoms. The van der Waals surface area contributed by atoms with Crippen LogP contribution < -0.4 is 9.47 Å². The Bertz CT molecular complexity index is 1350. The summed E-state index contributed by atoms with van der Waals surface area (Å²) in [4.78, 5) is 25.1. The molecule has 0 aromatic heterocycles. The third-order valence-electron chi connectivity index (χ3n) is 5.52. The number of halogens is 1. The zero-order chi connectivity index (χ0) is 26.6. The highest BCUT2D eigenvalue weighted by atomic mass is 35.5.